The van der Waals surface area contributed by atoms with Crippen molar-refractivity contribution in [1.29, 1.82) is 0 Å². The molecule has 0 atom stereocenters. The van der Waals surface area contributed by atoms with Crippen LogP contribution >= 0.6 is 0 Å². The molecule has 0 aliphatic heterocycles. The van der Waals surface area contributed by atoms with Gasteiger partial charge >= 0.3 is 24.5 Å². The number of unbranched alkanes of at least 4 members (excludes halogenated alkanes) is 2. The third-order valence-corrected chi connectivity index (χ3v) is 4.48. The SMILES string of the molecule is CCCCCc1ccc(C(=O)Oc2cc(C(F)(F)F)c(C(F)(F)F)c(C(F)(F)F)c2)cc1. The van der Waals surface area contributed by atoms with Gasteiger partial charge in [-0.15, -0.1) is 0 Å². The second-order valence-electron chi connectivity index (χ2n) is 6.93. The first-order valence-electron chi connectivity index (χ1n) is 9.35. The van der Waals surface area contributed by atoms with Gasteiger partial charge < -0.3 is 4.74 Å². The van der Waals surface area contributed by atoms with Gasteiger partial charge in [0.25, 0.3) is 0 Å². The number of ether oxygens (including phenoxy) is 1. The molecule has 0 saturated carbocycles. The van der Waals surface area contributed by atoms with Crippen LogP contribution in [0.15, 0.2) is 36.4 Å². The van der Waals surface area contributed by atoms with Crippen molar-refractivity contribution < 1.29 is 49.0 Å². The predicted octanol–water partition coefficient (Wildman–Crippen LogP) is 7.69. The molecule has 0 amide bonds. The molecule has 2 rings (SSSR count). The van der Waals surface area contributed by atoms with Crippen LogP contribution in [0.3, 0.4) is 0 Å². The van der Waals surface area contributed by atoms with Crippen molar-refractivity contribution in [1.82, 2.24) is 0 Å². The van der Waals surface area contributed by atoms with Gasteiger partial charge in [-0.3, -0.25) is 0 Å². The number of hydrogen-bond acceptors (Lipinski definition) is 2. The molecule has 0 aliphatic carbocycles. The highest BCUT2D eigenvalue weighted by Gasteiger charge is 2.50. The van der Waals surface area contributed by atoms with Crippen molar-refractivity contribution in [2.45, 2.75) is 51.1 Å². The molecule has 0 spiro atoms. The maximum atomic E-state index is 13.2. The smallest absolute Gasteiger partial charge is 0.417 e. The van der Waals surface area contributed by atoms with Crippen molar-refractivity contribution in [2.24, 2.45) is 0 Å². The summed E-state index contributed by atoms with van der Waals surface area (Å²) in [6, 6.07) is 5.08. The monoisotopic (exact) mass is 472 g/mol. The van der Waals surface area contributed by atoms with Gasteiger partial charge in [-0.2, -0.15) is 39.5 Å². The van der Waals surface area contributed by atoms with E-state index in [4.69, 9.17) is 0 Å². The van der Waals surface area contributed by atoms with Crippen molar-refractivity contribution >= 4 is 5.97 Å². The Kier molecular flexibility index (Phi) is 7.51. The zero-order valence-electron chi connectivity index (χ0n) is 16.5. The molecular formula is C21H17F9O2. The second-order valence-corrected chi connectivity index (χ2v) is 6.93. The lowest BCUT2D eigenvalue weighted by molar-refractivity contribution is -0.174. The predicted molar refractivity (Wildman–Crippen MR) is 96.1 cm³/mol. The molecule has 2 nitrogen and oxygen atoms in total. The first-order valence-corrected chi connectivity index (χ1v) is 9.35. The minimum atomic E-state index is -5.95. The van der Waals surface area contributed by atoms with Crippen molar-refractivity contribution in [3.8, 4) is 5.75 Å². The van der Waals surface area contributed by atoms with Gasteiger partial charge in [0.15, 0.2) is 0 Å². The van der Waals surface area contributed by atoms with Crippen LogP contribution in [0, 0.1) is 0 Å². The fourth-order valence-corrected chi connectivity index (χ4v) is 2.98. The van der Waals surface area contributed by atoms with Crippen molar-refractivity contribution in [3.05, 3.63) is 64.2 Å². The highest BCUT2D eigenvalue weighted by atomic mass is 19.4. The summed E-state index contributed by atoms with van der Waals surface area (Å²) < 4.78 is 123. The molecule has 0 fully saturated rings. The number of rotatable bonds is 6. The van der Waals surface area contributed by atoms with Gasteiger partial charge in [0.1, 0.15) is 5.75 Å². The number of alkyl halides is 9. The summed E-state index contributed by atoms with van der Waals surface area (Å²) in [6.07, 6.45) is -14.0. The summed E-state index contributed by atoms with van der Waals surface area (Å²) in [7, 11) is 0. The average Bonchev–Trinajstić information content (AvgIpc) is 2.66. The zero-order valence-corrected chi connectivity index (χ0v) is 16.5. The van der Waals surface area contributed by atoms with Gasteiger partial charge in [-0.1, -0.05) is 31.9 Å². The Morgan fingerprint density at radius 2 is 1.28 bits per heavy atom. The van der Waals surface area contributed by atoms with E-state index in [9.17, 15) is 44.3 Å². The van der Waals surface area contributed by atoms with Gasteiger partial charge in [0.05, 0.1) is 22.3 Å². The quantitative estimate of drug-likeness (QED) is 0.186. The van der Waals surface area contributed by atoms with E-state index in [1.165, 1.54) is 12.1 Å². The van der Waals surface area contributed by atoms with Gasteiger partial charge in [-0.25, -0.2) is 4.79 Å². The number of hydrogen-bond donors (Lipinski definition) is 0. The van der Waals surface area contributed by atoms with Crippen LogP contribution in [-0.2, 0) is 24.9 Å². The van der Waals surface area contributed by atoms with Gasteiger partial charge in [0.2, 0.25) is 0 Å². The molecule has 0 unspecified atom stereocenters. The highest BCUT2D eigenvalue weighted by Crippen LogP contribution is 2.48. The molecule has 0 N–H and O–H groups in total. The van der Waals surface area contributed by atoms with Crippen molar-refractivity contribution in [2.75, 3.05) is 0 Å². The van der Waals surface area contributed by atoms with Crippen LogP contribution in [0.2, 0.25) is 0 Å². The fraction of sp³-hybridized carbons (Fsp3) is 0.381. The van der Waals surface area contributed by atoms with Gasteiger partial charge in [-0.05, 0) is 42.7 Å². The maximum Gasteiger partial charge on any atom is 0.417 e. The molecule has 0 saturated heterocycles. The van der Waals surface area contributed by atoms with E-state index >= 15 is 0 Å². The minimum absolute atomic E-state index is 0.189. The lowest BCUT2D eigenvalue weighted by atomic mass is 9.98. The first-order chi connectivity index (χ1) is 14.6. The molecule has 2 aromatic rings. The summed E-state index contributed by atoms with van der Waals surface area (Å²) in [4.78, 5) is 12.2. The van der Waals surface area contributed by atoms with E-state index in [2.05, 4.69) is 4.74 Å². The standard InChI is InChI=1S/C21H17F9O2/c1-2-3-4-5-12-6-8-13(9-7-12)18(31)32-14-10-15(19(22,23)24)17(21(28,29)30)16(11-14)20(25,26)27/h6-11H,2-5H2,1H3. The summed E-state index contributed by atoms with van der Waals surface area (Å²) in [6.45, 7) is 2.01. The molecule has 0 aliphatic rings. The number of carbonyl (C=O) groups is 1. The summed E-state index contributed by atoms with van der Waals surface area (Å²) >= 11 is 0. The van der Waals surface area contributed by atoms with Crippen LogP contribution in [0.25, 0.3) is 0 Å². The summed E-state index contributed by atoms with van der Waals surface area (Å²) in [5, 5.41) is 0. The Balaban J connectivity index is 2.42. The zero-order chi connectivity index (χ0) is 24.3. The Morgan fingerprint density at radius 3 is 1.69 bits per heavy atom. The van der Waals surface area contributed by atoms with Crippen LogP contribution in [0.1, 0.15) is 58.8 Å². The lowest BCUT2D eigenvalue weighted by Crippen LogP contribution is -2.23. The molecule has 0 heterocycles. The molecule has 32 heavy (non-hydrogen) atoms. The molecule has 0 aromatic heterocycles. The molecule has 0 radical (unpaired) electrons. The van der Waals surface area contributed by atoms with Gasteiger partial charge in [0, 0.05) is 0 Å². The normalized spacial score (nSPS) is 12.7. The third-order valence-electron chi connectivity index (χ3n) is 4.48. The van der Waals surface area contributed by atoms with Crippen molar-refractivity contribution in [3.63, 3.8) is 0 Å². The van der Waals surface area contributed by atoms with E-state index < -0.39 is 46.9 Å². The highest BCUT2D eigenvalue weighted by molar-refractivity contribution is 5.91. The van der Waals surface area contributed by atoms with Crippen LogP contribution in [-0.4, -0.2) is 5.97 Å². The molecule has 2 aromatic carbocycles. The number of aryl methyl sites for hydroxylation is 1. The van der Waals surface area contributed by atoms with E-state index in [0.717, 1.165) is 24.8 Å². The summed E-state index contributed by atoms with van der Waals surface area (Å²) in [5.41, 5.74) is -7.44. The lowest BCUT2D eigenvalue weighted by Gasteiger charge is -2.21. The molecular weight excluding hydrogens is 455 g/mol. The van der Waals surface area contributed by atoms with Crippen LogP contribution in [0.4, 0.5) is 39.5 Å². The molecule has 11 heteroatoms. The number of benzene rings is 2. The average molecular weight is 472 g/mol. The Bertz CT molecular complexity index is 905. The van der Waals surface area contributed by atoms with E-state index in [1.807, 2.05) is 6.92 Å². The molecule has 176 valence electrons. The van der Waals surface area contributed by atoms with E-state index in [-0.39, 0.29) is 17.7 Å². The third kappa shape index (κ3) is 6.39. The second kappa shape index (κ2) is 9.41. The Hall–Kier alpha value is -2.72. The molecule has 0 bridgehead atoms. The Labute approximate surface area is 177 Å². The minimum Gasteiger partial charge on any atom is -0.423 e. The summed E-state index contributed by atoms with van der Waals surface area (Å²) in [5.74, 6) is -2.62. The topological polar surface area (TPSA) is 26.3 Å². The van der Waals surface area contributed by atoms with E-state index in [0.29, 0.717) is 6.42 Å². The largest absolute Gasteiger partial charge is 0.423 e. The number of esters is 1. The van der Waals surface area contributed by atoms with Crippen LogP contribution < -0.4 is 4.74 Å². The number of carbonyl (C=O) groups excluding carboxylic acids is 1. The Morgan fingerprint density at radius 1 is 0.781 bits per heavy atom. The van der Waals surface area contributed by atoms with Crippen LogP contribution in [0.5, 0.6) is 5.75 Å². The first kappa shape index (κ1) is 25.5. The maximum absolute atomic E-state index is 13.2. The number of halogens is 9. The fourth-order valence-electron chi connectivity index (χ4n) is 2.98. The van der Waals surface area contributed by atoms with E-state index in [1.54, 1.807) is 12.1 Å².